The summed E-state index contributed by atoms with van der Waals surface area (Å²) in [5.41, 5.74) is 2.25. The Hall–Kier alpha value is -1.38. The minimum absolute atomic E-state index is 0.182. The smallest absolute Gasteiger partial charge is 0.123 e. The molecule has 1 atom stereocenters. The second kappa shape index (κ2) is 5.98. The average molecular weight is 264 g/mol. The second-order valence-electron chi connectivity index (χ2n) is 4.28. The van der Waals surface area contributed by atoms with E-state index in [2.05, 4.69) is 12.2 Å². The first-order valence-corrected chi connectivity index (χ1v) is 6.26. The minimum atomic E-state index is -0.205. The summed E-state index contributed by atoms with van der Waals surface area (Å²) in [7, 11) is 0. The molecule has 0 radical (unpaired) electrons. The molecule has 2 aromatic carbocycles. The lowest BCUT2D eigenvalue weighted by Gasteiger charge is -2.14. The Bertz CT molecular complexity index is 493. The molecule has 0 spiro atoms. The van der Waals surface area contributed by atoms with Crippen molar-refractivity contribution in [2.45, 2.75) is 19.5 Å². The molecule has 0 aliphatic rings. The molecular formula is C15H15ClFN. The first kappa shape index (κ1) is 13.1. The van der Waals surface area contributed by atoms with E-state index < -0.39 is 0 Å². The molecule has 0 aliphatic heterocycles. The van der Waals surface area contributed by atoms with E-state index in [1.807, 2.05) is 24.3 Å². The highest BCUT2D eigenvalue weighted by Gasteiger charge is 2.04. The predicted octanol–water partition coefficient (Wildman–Crippen LogP) is 4.33. The Labute approximate surface area is 112 Å². The summed E-state index contributed by atoms with van der Waals surface area (Å²) in [5, 5.41) is 4.13. The van der Waals surface area contributed by atoms with Gasteiger partial charge >= 0.3 is 0 Å². The minimum Gasteiger partial charge on any atom is -0.306 e. The van der Waals surface area contributed by atoms with Crippen molar-refractivity contribution < 1.29 is 4.39 Å². The molecule has 0 saturated heterocycles. The van der Waals surface area contributed by atoms with Gasteiger partial charge in [0.25, 0.3) is 0 Å². The summed E-state index contributed by atoms with van der Waals surface area (Å²) in [5.74, 6) is -0.205. The van der Waals surface area contributed by atoms with Crippen LogP contribution >= 0.6 is 11.6 Å². The third kappa shape index (κ3) is 3.56. The van der Waals surface area contributed by atoms with Crippen LogP contribution in [0.3, 0.4) is 0 Å². The maximum absolute atomic E-state index is 12.8. The topological polar surface area (TPSA) is 12.0 Å². The fourth-order valence-corrected chi connectivity index (χ4v) is 1.87. The monoisotopic (exact) mass is 263 g/mol. The molecule has 0 saturated carbocycles. The van der Waals surface area contributed by atoms with Crippen molar-refractivity contribution in [1.29, 1.82) is 0 Å². The zero-order valence-corrected chi connectivity index (χ0v) is 10.9. The fourth-order valence-electron chi connectivity index (χ4n) is 1.74. The molecule has 0 bridgehead atoms. The van der Waals surface area contributed by atoms with Gasteiger partial charge in [-0.05, 0) is 42.3 Å². The van der Waals surface area contributed by atoms with Crippen molar-refractivity contribution in [1.82, 2.24) is 5.32 Å². The van der Waals surface area contributed by atoms with Gasteiger partial charge in [-0.1, -0.05) is 35.9 Å². The van der Waals surface area contributed by atoms with Crippen LogP contribution in [0.5, 0.6) is 0 Å². The highest BCUT2D eigenvalue weighted by molar-refractivity contribution is 6.30. The molecule has 2 aromatic rings. The normalized spacial score (nSPS) is 12.4. The lowest BCUT2D eigenvalue weighted by atomic mass is 10.1. The summed E-state index contributed by atoms with van der Waals surface area (Å²) in [6.45, 7) is 2.82. The van der Waals surface area contributed by atoms with Crippen LogP contribution in [-0.2, 0) is 6.54 Å². The highest BCUT2D eigenvalue weighted by atomic mass is 35.5. The summed E-state index contributed by atoms with van der Waals surface area (Å²) in [6.07, 6.45) is 0. The van der Waals surface area contributed by atoms with Crippen LogP contribution in [-0.4, -0.2) is 0 Å². The molecule has 0 aromatic heterocycles. The number of hydrogen-bond acceptors (Lipinski definition) is 1. The second-order valence-corrected chi connectivity index (χ2v) is 4.72. The van der Waals surface area contributed by atoms with E-state index in [1.165, 1.54) is 17.7 Å². The van der Waals surface area contributed by atoms with E-state index in [-0.39, 0.29) is 11.9 Å². The molecule has 1 unspecified atom stereocenters. The number of benzene rings is 2. The number of halogens is 2. The lowest BCUT2D eigenvalue weighted by Crippen LogP contribution is -2.17. The van der Waals surface area contributed by atoms with Gasteiger partial charge in [0, 0.05) is 17.6 Å². The van der Waals surface area contributed by atoms with E-state index in [1.54, 1.807) is 12.1 Å². The molecule has 0 aliphatic carbocycles. The first-order valence-electron chi connectivity index (χ1n) is 5.88. The largest absolute Gasteiger partial charge is 0.306 e. The molecule has 94 valence electrons. The zero-order chi connectivity index (χ0) is 13.0. The van der Waals surface area contributed by atoms with E-state index in [0.717, 1.165) is 17.1 Å². The quantitative estimate of drug-likeness (QED) is 0.866. The SMILES string of the molecule is CC(NCc1ccc(Cl)cc1)c1ccc(F)cc1. The Morgan fingerprint density at radius 1 is 1.06 bits per heavy atom. The Kier molecular flexibility index (Phi) is 4.34. The zero-order valence-electron chi connectivity index (χ0n) is 10.2. The first-order chi connectivity index (χ1) is 8.65. The molecule has 0 fully saturated rings. The van der Waals surface area contributed by atoms with E-state index in [4.69, 9.17) is 11.6 Å². The Balaban J connectivity index is 1.93. The van der Waals surface area contributed by atoms with Crippen LogP contribution in [0.15, 0.2) is 48.5 Å². The third-order valence-electron chi connectivity index (χ3n) is 2.90. The summed E-state index contributed by atoms with van der Waals surface area (Å²) >= 11 is 5.83. The van der Waals surface area contributed by atoms with Gasteiger partial charge in [-0.25, -0.2) is 4.39 Å². The summed E-state index contributed by atoms with van der Waals surface area (Å²) in [6, 6.07) is 14.5. The summed E-state index contributed by atoms with van der Waals surface area (Å²) in [4.78, 5) is 0. The van der Waals surface area contributed by atoms with E-state index in [0.29, 0.717) is 0 Å². The van der Waals surface area contributed by atoms with Crippen LogP contribution < -0.4 is 5.32 Å². The number of hydrogen-bond donors (Lipinski definition) is 1. The lowest BCUT2D eigenvalue weighted by molar-refractivity contribution is 0.571. The Morgan fingerprint density at radius 3 is 2.28 bits per heavy atom. The highest BCUT2D eigenvalue weighted by Crippen LogP contribution is 2.14. The van der Waals surface area contributed by atoms with Gasteiger partial charge < -0.3 is 5.32 Å². The van der Waals surface area contributed by atoms with Crippen molar-refractivity contribution in [3.05, 3.63) is 70.5 Å². The maximum Gasteiger partial charge on any atom is 0.123 e. The number of nitrogens with one attached hydrogen (secondary N) is 1. The molecule has 0 heterocycles. The molecule has 2 rings (SSSR count). The van der Waals surface area contributed by atoms with Crippen LogP contribution in [0.2, 0.25) is 5.02 Å². The van der Waals surface area contributed by atoms with Gasteiger partial charge in [-0.2, -0.15) is 0 Å². The van der Waals surface area contributed by atoms with Gasteiger partial charge in [0.15, 0.2) is 0 Å². The van der Waals surface area contributed by atoms with Crippen LogP contribution in [0.1, 0.15) is 24.1 Å². The van der Waals surface area contributed by atoms with Crippen molar-refractivity contribution in [3.63, 3.8) is 0 Å². The molecule has 1 nitrogen and oxygen atoms in total. The Morgan fingerprint density at radius 2 is 1.67 bits per heavy atom. The molecular weight excluding hydrogens is 249 g/mol. The molecule has 18 heavy (non-hydrogen) atoms. The van der Waals surface area contributed by atoms with Crippen molar-refractivity contribution >= 4 is 11.6 Å². The van der Waals surface area contributed by atoms with Gasteiger partial charge in [-0.3, -0.25) is 0 Å². The fraction of sp³-hybridized carbons (Fsp3) is 0.200. The van der Waals surface area contributed by atoms with Gasteiger partial charge in [-0.15, -0.1) is 0 Å². The van der Waals surface area contributed by atoms with E-state index >= 15 is 0 Å². The van der Waals surface area contributed by atoms with Gasteiger partial charge in [0.1, 0.15) is 5.82 Å². The van der Waals surface area contributed by atoms with Crippen molar-refractivity contribution in [3.8, 4) is 0 Å². The standard InChI is InChI=1S/C15H15ClFN/c1-11(13-4-8-15(17)9-5-13)18-10-12-2-6-14(16)7-3-12/h2-9,11,18H,10H2,1H3. The molecule has 0 amide bonds. The van der Waals surface area contributed by atoms with Crippen LogP contribution in [0.4, 0.5) is 4.39 Å². The third-order valence-corrected chi connectivity index (χ3v) is 3.15. The van der Waals surface area contributed by atoms with E-state index in [9.17, 15) is 4.39 Å². The average Bonchev–Trinajstić information content (AvgIpc) is 2.38. The van der Waals surface area contributed by atoms with Gasteiger partial charge in [0.2, 0.25) is 0 Å². The maximum atomic E-state index is 12.8. The number of rotatable bonds is 4. The molecule has 1 N–H and O–H groups in total. The van der Waals surface area contributed by atoms with Gasteiger partial charge in [0.05, 0.1) is 0 Å². The van der Waals surface area contributed by atoms with Crippen LogP contribution in [0, 0.1) is 5.82 Å². The predicted molar refractivity (Wildman–Crippen MR) is 73.1 cm³/mol. The van der Waals surface area contributed by atoms with Crippen molar-refractivity contribution in [2.75, 3.05) is 0 Å². The van der Waals surface area contributed by atoms with Crippen LogP contribution in [0.25, 0.3) is 0 Å². The summed E-state index contributed by atoms with van der Waals surface area (Å²) < 4.78 is 12.8. The van der Waals surface area contributed by atoms with Crippen molar-refractivity contribution in [2.24, 2.45) is 0 Å². The molecule has 3 heteroatoms.